The number of aliphatic imine (C=N–C) groups is 1. The minimum Gasteiger partial charge on any atom is -0.356 e. The van der Waals surface area contributed by atoms with Gasteiger partial charge in [-0.15, -0.1) is 11.3 Å². The molecule has 0 saturated carbocycles. The van der Waals surface area contributed by atoms with E-state index in [9.17, 15) is 4.79 Å². The Balaban J connectivity index is 1.82. The molecular formula is C22H32N4OS. The summed E-state index contributed by atoms with van der Waals surface area (Å²) in [4.78, 5) is 19.1. The molecule has 0 spiro atoms. The highest BCUT2D eigenvalue weighted by atomic mass is 32.1. The van der Waals surface area contributed by atoms with Gasteiger partial charge in [-0.25, -0.2) is 4.99 Å². The molecule has 6 heteroatoms. The zero-order valence-corrected chi connectivity index (χ0v) is 18.2. The Morgan fingerprint density at radius 2 is 1.89 bits per heavy atom. The molecule has 5 nitrogen and oxygen atoms in total. The first kappa shape index (κ1) is 22.0. The molecule has 0 unspecified atom stereocenters. The second-order valence-corrected chi connectivity index (χ2v) is 8.34. The molecule has 1 amide bonds. The number of hydrogen-bond donors (Lipinski definition) is 2. The van der Waals surface area contributed by atoms with E-state index in [4.69, 9.17) is 0 Å². The van der Waals surface area contributed by atoms with Crippen LogP contribution in [0.25, 0.3) is 0 Å². The Morgan fingerprint density at radius 1 is 1.14 bits per heavy atom. The molecule has 0 fully saturated rings. The van der Waals surface area contributed by atoms with Gasteiger partial charge in [-0.3, -0.25) is 4.79 Å². The van der Waals surface area contributed by atoms with E-state index in [2.05, 4.69) is 65.2 Å². The lowest BCUT2D eigenvalue weighted by Crippen LogP contribution is -2.38. The minimum atomic E-state index is -0.0116. The van der Waals surface area contributed by atoms with Gasteiger partial charge in [0.2, 0.25) is 5.91 Å². The number of carbonyl (C=O) groups excluding carboxylic acids is 1. The molecule has 1 aromatic carbocycles. The lowest BCUT2D eigenvalue weighted by Gasteiger charge is -2.13. The number of benzene rings is 1. The molecule has 2 aromatic rings. The van der Waals surface area contributed by atoms with Crippen LogP contribution in [0.5, 0.6) is 0 Å². The fraction of sp³-hybridized carbons (Fsp3) is 0.455. The lowest BCUT2D eigenvalue weighted by molar-refractivity contribution is -0.127. The summed E-state index contributed by atoms with van der Waals surface area (Å²) in [6, 6.07) is 13.0. The summed E-state index contributed by atoms with van der Waals surface area (Å²) in [7, 11) is 3.49. The van der Waals surface area contributed by atoms with Crippen molar-refractivity contribution in [1.82, 2.24) is 15.5 Å². The van der Waals surface area contributed by atoms with E-state index in [1.807, 2.05) is 6.07 Å². The van der Waals surface area contributed by atoms with Gasteiger partial charge in [0.1, 0.15) is 6.54 Å². The maximum absolute atomic E-state index is 11.8. The van der Waals surface area contributed by atoms with Gasteiger partial charge in [-0.05, 0) is 41.3 Å². The average Bonchev–Trinajstić information content (AvgIpc) is 3.20. The predicted octanol–water partition coefficient (Wildman–Crippen LogP) is 3.63. The molecule has 0 saturated heterocycles. The van der Waals surface area contributed by atoms with Gasteiger partial charge in [-0.1, -0.05) is 44.2 Å². The monoisotopic (exact) mass is 400 g/mol. The van der Waals surface area contributed by atoms with Crippen LogP contribution >= 0.6 is 11.3 Å². The molecule has 152 valence electrons. The van der Waals surface area contributed by atoms with Crippen LogP contribution in [0.3, 0.4) is 0 Å². The standard InChI is InChI=1S/C22H32N4OS/c1-17(2)19-11-9-18(10-12-19)7-5-13-23-22(25-16-21(27)26(3)4)24-15-20-8-6-14-28-20/h6,8-12,14,17H,5,7,13,15-16H2,1-4H3,(H2,23,24,25). The van der Waals surface area contributed by atoms with Crippen molar-refractivity contribution in [3.05, 3.63) is 57.8 Å². The second kappa shape index (κ2) is 11.5. The third kappa shape index (κ3) is 7.72. The average molecular weight is 401 g/mol. The maximum Gasteiger partial charge on any atom is 0.243 e. The molecule has 28 heavy (non-hydrogen) atoms. The Bertz CT molecular complexity index is 736. The first-order valence-electron chi connectivity index (χ1n) is 9.79. The van der Waals surface area contributed by atoms with Crippen molar-refractivity contribution in [2.24, 2.45) is 4.99 Å². The number of carbonyl (C=O) groups is 1. The van der Waals surface area contributed by atoms with Crippen molar-refractivity contribution in [2.75, 3.05) is 27.2 Å². The van der Waals surface area contributed by atoms with E-state index < -0.39 is 0 Å². The number of nitrogens with zero attached hydrogens (tertiary/aromatic N) is 2. The first-order valence-corrected chi connectivity index (χ1v) is 10.7. The van der Waals surface area contributed by atoms with Gasteiger partial charge in [-0.2, -0.15) is 0 Å². The Hall–Kier alpha value is -2.34. The van der Waals surface area contributed by atoms with Crippen molar-refractivity contribution in [3.8, 4) is 0 Å². The van der Waals surface area contributed by atoms with Gasteiger partial charge in [0, 0.05) is 25.5 Å². The van der Waals surface area contributed by atoms with Gasteiger partial charge in [0.25, 0.3) is 0 Å². The van der Waals surface area contributed by atoms with E-state index in [0.717, 1.165) is 19.4 Å². The van der Waals surface area contributed by atoms with Gasteiger partial charge < -0.3 is 15.5 Å². The van der Waals surface area contributed by atoms with Crippen molar-refractivity contribution in [2.45, 2.75) is 39.2 Å². The molecule has 0 aliphatic carbocycles. The van der Waals surface area contributed by atoms with Crippen molar-refractivity contribution >= 4 is 23.2 Å². The van der Waals surface area contributed by atoms with Crippen LogP contribution in [-0.2, 0) is 17.8 Å². The molecule has 2 N–H and O–H groups in total. The van der Waals surface area contributed by atoms with E-state index >= 15 is 0 Å². The molecule has 0 aliphatic rings. The Labute approximate surface area is 172 Å². The molecule has 0 bridgehead atoms. The number of guanidine groups is 1. The maximum atomic E-state index is 11.8. The quantitative estimate of drug-likeness (QED) is 0.384. The topological polar surface area (TPSA) is 56.7 Å². The van der Waals surface area contributed by atoms with Crippen LogP contribution in [0.1, 0.15) is 42.2 Å². The zero-order valence-electron chi connectivity index (χ0n) is 17.4. The summed E-state index contributed by atoms with van der Waals surface area (Å²) in [5.41, 5.74) is 2.72. The molecule has 0 aliphatic heterocycles. The fourth-order valence-corrected chi connectivity index (χ4v) is 3.26. The molecular weight excluding hydrogens is 368 g/mol. The van der Waals surface area contributed by atoms with Crippen molar-refractivity contribution in [3.63, 3.8) is 0 Å². The summed E-state index contributed by atoms with van der Waals surface area (Å²) >= 11 is 1.70. The summed E-state index contributed by atoms with van der Waals surface area (Å²) in [5, 5.41) is 8.72. The largest absolute Gasteiger partial charge is 0.356 e. The second-order valence-electron chi connectivity index (χ2n) is 7.31. The van der Waals surface area contributed by atoms with Gasteiger partial charge >= 0.3 is 0 Å². The van der Waals surface area contributed by atoms with Crippen LogP contribution in [0, 0.1) is 0 Å². The number of rotatable bonds is 9. The third-order valence-electron chi connectivity index (χ3n) is 4.46. The van der Waals surface area contributed by atoms with Gasteiger partial charge in [0.05, 0.1) is 6.54 Å². The van der Waals surface area contributed by atoms with Crippen LogP contribution < -0.4 is 10.6 Å². The number of thiophene rings is 1. The van der Waals surface area contributed by atoms with E-state index in [1.165, 1.54) is 16.0 Å². The summed E-state index contributed by atoms with van der Waals surface area (Å²) in [6.45, 7) is 6.08. The number of amides is 1. The molecule has 0 radical (unpaired) electrons. The highest BCUT2D eigenvalue weighted by Crippen LogP contribution is 2.15. The number of hydrogen-bond acceptors (Lipinski definition) is 3. The summed E-state index contributed by atoms with van der Waals surface area (Å²) in [5.74, 6) is 1.23. The van der Waals surface area contributed by atoms with E-state index in [1.54, 1.807) is 30.3 Å². The van der Waals surface area contributed by atoms with Gasteiger partial charge in [0.15, 0.2) is 5.96 Å². The molecule has 2 rings (SSSR count). The lowest BCUT2D eigenvalue weighted by atomic mass is 10.0. The summed E-state index contributed by atoms with van der Waals surface area (Å²) < 4.78 is 0. The summed E-state index contributed by atoms with van der Waals surface area (Å²) in [6.07, 6.45) is 2.02. The molecule has 0 atom stereocenters. The zero-order chi connectivity index (χ0) is 20.4. The number of aryl methyl sites for hydroxylation is 1. The highest BCUT2D eigenvalue weighted by Gasteiger charge is 2.05. The number of nitrogens with one attached hydrogen (secondary N) is 2. The molecule has 1 aromatic heterocycles. The highest BCUT2D eigenvalue weighted by molar-refractivity contribution is 7.09. The van der Waals surface area contributed by atoms with Crippen LogP contribution in [0.15, 0.2) is 46.8 Å². The Kier molecular flexibility index (Phi) is 9.01. The smallest absolute Gasteiger partial charge is 0.243 e. The SMILES string of the molecule is CC(C)c1ccc(CCCNC(=NCC(=O)N(C)C)NCc2cccs2)cc1. The fourth-order valence-electron chi connectivity index (χ4n) is 2.61. The van der Waals surface area contributed by atoms with Crippen LogP contribution in [0.4, 0.5) is 0 Å². The van der Waals surface area contributed by atoms with Crippen LogP contribution in [0.2, 0.25) is 0 Å². The van der Waals surface area contributed by atoms with Crippen molar-refractivity contribution < 1.29 is 4.79 Å². The predicted molar refractivity (Wildman–Crippen MR) is 119 cm³/mol. The third-order valence-corrected chi connectivity index (χ3v) is 5.34. The molecule has 1 heterocycles. The van der Waals surface area contributed by atoms with Crippen LogP contribution in [-0.4, -0.2) is 44.0 Å². The van der Waals surface area contributed by atoms with Crippen molar-refractivity contribution in [1.29, 1.82) is 0 Å². The Morgan fingerprint density at radius 3 is 2.50 bits per heavy atom. The van der Waals surface area contributed by atoms with E-state index in [0.29, 0.717) is 18.4 Å². The minimum absolute atomic E-state index is 0.0116. The number of likely N-dealkylation sites (N-methyl/N-ethyl adjacent to an activating group) is 1. The normalized spacial score (nSPS) is 11.5. The van der Waals surface area contributed by atoms with E-state index in [-0.39, 0.29) is 12.5 Å². The first-order chi connectivity index (χ1) is 13.5.